The third-order valence-electron chi connectivity index (χ3n) is 4.40. The molecule has 6 heteroatoms. The number of carboxylic acids is 1. The number of nitrogens with one attached hydrogen (secondary N) is 2. The van der Waals surface area contributed by atoms with Gasteiger partial charge in [0.25, 0.3) is 5.91 Å². The Hall–Kier alpha value is -2.37. The first-order valence-corrected chi connectivity index (χ1v) is 8.43. The lowest BCUT2D eigenvalue weighted by atomic mass is 9.81. The van der Waals surface area contributed by atoms with Gasteiger partial charge in [-0.3, -0.25) is 14.4 Å². The molecular weight excluding hydrogens is 308 g/mol. The lowest BCUT2D eigenvalue weighted by Crippen LogP contribution is -2.29. The van der Waals surface area contributed by atoms with Crippen molar-refractivity contribution < 1.29 is 19.5 Å². The highest BCUT2D eigenvalue weighted by molar-refractivity contribution is 5.96. The van der Waals surface area contributed by atoms with Gasteiger partial charge in [0.15, 0.2) is 0 Å². The van der Waals surface area contributed by atoms with Gasteiger partial charge in [0.2, 0.25) is 5.91 Å². The molecule has 130 valence electrons. The first kappa shape index (κ1) is 18.0. The highest BCUT2D eigenvalue weighted by Crippen LogP contribution is 2.29. The van der Waals surface area contributed by atoms with Crippen LogP contribution < -0.4 is 10.6 Å². The molecule has 24 heavy (non-hydrogen) atoms. The molecule has 1 fully saturated rings. The van der Waals surface area contributed by atoms with Gasteiger partial charge in [-0.1, -0.05) is 6.92 Å². The molecule has 6 nitrogen and oxygen atoms in total. The van der Waals surface area contributed by atoms with Crippen LogP contribution in [0.2, 0.25) is 0 Å². The topological polar surface area (TPSA) is 95.5 Å². The number of hydrogen-bond donors (Lipinski definition) is 3. The van der Waals surface area contributed by atoms with Crippen LogP contribution in [0.4, 0.5) is 5.69 Å². The monoisotopic (exact) mass is 332 g/mol. The molecule has 0 unspecified atom stereocenters. The van der Waals surface area contributed by atoms with Crippen LogP contribution in [0.25, 0.3) is 0 Å². The van der Waals surface area contributed by atoms with Gasteiger partial charge < -0.3 is 15.7 Å². The van der Waals surface area contributed by atoms with Crippen LogP contribution in [-0.2, 0) is 9.59 Å². The zero-order valence-corrected chi connectivity index (χ0v) is 13.9. The Bertz CT molecular complexity index is 590. The Morgan fingerprint density at radius 1 is 1.04 bits per heavy atom. The minimum absolute atomic E-state index is 0.0815. The predicted octanol–water partition coefficient (Wildman–Crippen LogP) is 2.66. The third kappa shape index (κ3) is 4.81. The number of aliphatic carboxylic acids is 1. The van der Waals surface area contributed by atoms with Crippen molar-refractivity contribution in [2.75, 3.05) is 11.9 Å². The first-order valence-electron chi connectivity index (χ1n) is 8.43. The Labute approximate surface area is 141 Å². The summed E-state index contributed by atoms with van der Waals surface area (Å²) in [5.41, 5.74) is 1.20. The highest BCUT2D eigenvalue weighted by atomic mass is 16.4. The molecule has 1 aliphatic carbocycles. The van der Waals surface area contributed by atoms with Gasteiger partial charge in [-0.25, -0.2) is 0 Å². The fraction of sp³-hybridized carbons (Fsp3) is 0.500. The van der Waals surface area contributed by atoms with Crippen molar-refractivity contribution in [1.29, 1.82) is 0 Å². The fourth-order valence-corrected chi connectivity index (χ4v) is 2.89. The highest BCUT2D eigenvalue weighted by Gasteiger charge is 2.29. The second kappa shape index (κ2) is 8.47. The van der Waals surface area contributed by atoms with Crippen molar-refractivity contribution in [1.82, 2.24) is 5.32 Å². The number of carbonyl (C=O) groups is 3. The van der Waals surface area contributed by atoms with Gasteiger partial charge in [0, 0.05) is 23.7 Å². The summed E-state index contributed by atoms with van der Waals surface area (Å²) in [5.74, 6) is -1.45. The molecule has 2 rings (SSSR count). The van der Waals surface area contributed by atoms with Crippen molar-refractivity contribution in [2.24, 2.45) is 11.8 Å². The number of rotatable bonds is 6. The smallest absolute Gasteiger partial charge is 0.306 e. The maximum atomic E-state index is 12.3. The summed E-state index contributed by atoms with van der Waals surface area (Å²) in [6, 6.07) is 6.78. The van der Waals surface area contributed by atoms with Crippen LogP contribution in [0, 0.1) is 11.8 Å². The van der Waals surface area contributed by atoms with Crippen molar-refractivity contribution in [2.45, 2.75) is 39.0 Å². The number of carboxylic acid groups (broad SMARTS) is 1. The van der Waals surface area contributed by atoms with Gasteiger partial charge in [0.1, 0.15) is 0 Å². The zero-order chi connectivity index (χ0) is 17.5. The van der Waals surface area contributed by atoms with Crippen LogP contribution in [0.15, 0.2) is 24.3 Å². The van der Waals surface area contributed by atoms with E-state index in [1.54, 1.807) is 24.3 Å². The molecule has 0 atom stereocenters. The summed E-state index contributed by atoms with van der Waals surface area (Å²) in [6.07, 6.45) is 3.17. The van der Waals surface area contributed by atoms with E-state index in [1.165, 1.54) is 0 Å². The van der Waals surface area contributed by atoms with E-state index in [2.05, 4.69) is 10.6 Å². The second-order valence-corrected chi connectivity index (χ2v) is 6.21. The van der Waals surface area contributed by atoms with Gasteiger partial charge in [-0.2, -0.15) is 0 Å². The summed E-state index contributed by atoms with van der Waals surface area (Å²) >= 11 is 0. The lowest BCUT2D eigenvalue weighted by molar-refractivity contribution is -0.143. The second-order valence-electron chi connectivity index (χ2n) is 6.21. The van der Waals surface area contributed by atoms with E-state index in [1.807, 2.05) is 6.92 Å². The number of carbonyl (C=O) groups excluding carboxylic acids is 2. The molecule has 1 aromatic rings. The van der Waals surface area contributed by atoms with Crippen molar-refractivity contribution in [3.05, 3.63) is 29.8 Å². The predicted molar refractivity (Wildman–Crippen MR) is 90.8 cm³/mol. The molecule has 2 amide bonds. The summed E-state index contributed by atoms with van der Waals surface area (Å²) in [7, 11) is 0. The lowest BCUT2D eigenvalue weighted by Gasteiger charge is -2.25. The minimum Gasteiger partial charge on any atom is -0.481 e. The summed E-state index contributed by atoms with van der Waals surface area (Å²) in [6.45, 7) is 2.62. The fourth-order valence-electron chi connectivity index (χ4n) is 2.89. The number of hydrogen-bond acceptors (Lipinski definition) is 3. The Kier molecular flexibility index (Phi) is 6.35. The van der Waals surface area contributed by atoms with Crippen LogP contribution >= 0.6 is 0 Å². The van der Waals surface area contributed by atoms with Crippen LogP contribution in [0.1, 0.15) is 49.4 Å². The van der Waals surface area contributed by atoms with E-state index in [0.29, 0.717) is 43.5 Å². The minimum atomic E-state index is -0.772. The maximum Gasteiger partial charge on any atom is 0.306 e. The Morgan fingerprint density at radius 2 is 1.62 bits per heavy atom. The maximum absolute atomic E-state index is 12.3. The average molecular weight is 332 g/mol. The quantitative estimate of drug-likeness (QED) is 0.746. The molecule has 0 aliphatic heterocycles. The van der Waals surface area contributed by atoms with Crippen LogP contribution in [0.3, 0.4) is 0 Å². The average Bonchev–Trinajstić information content (AvgIpc) is 2.60. The van der Waals surface area contributed by atoms with Gasteiger partial charge >= 0.3 is 5.97 Å². The molecule has 1 aromatic carbocycles. The Balaban J connectivity index is 1.86. The number of amides is 2. The molecule has 0 heterocycles. The third-order valence-corrected chi connectivity index (χ3v) is 4.40. The van der Waals surface area contributed by atoms with E-state index in [4.69, 9.17) is 5.11 Å². The van der Waals surface area contributed by atoms with Crippen LogP contribution in [0.5, 0.6) is 0 Å². The normalized spacial score (nSPS) is 20.2. The SMILES string of the molecule is CCCNC(=O)c1ccc(NC(=O)C2CCC(C(=O)O)CC2)cc1. The standard InChI is InChI=1S/C18H24N2O4/c1-2-11-19-16(21)12-7-9-15(10-8-12)20-17(22)13-3-5-14(6-4-13)18(23)24/h7-10,13-14H,2-6,11H2,1H3,(H,19,21)(H,20,22)(H,23,24). The van der Waals surface area contributed by atoms with E-state index >= 15 is 0 Å². The molecule has 0 bridgehead atoms. The van der Waals surface area contributed by atoms with Crippen molar-refractivity contribution in [3.63, 3.8) is 0 Å². The first-order chi connectivity index (χ1) is 11.5. The molecule has 3 N–H and O–H groups in total. The largest absolute Gasteiger partial charge is 0.481 e. The number of anilines is 1. The van der Waals surface area contributed by atoms with E-state index in [9.17, 15) is 14.4 Å². The molecule has 0 saturated heterocycles. The molecule has 0 radical (unpaired) electrons. The molecule has 1 saturated carbocycles. The van der Waals surface area contributed by atoms with Gasteiger partial charge in [-0.15, -0.1) is 0 Å². The van der Waals surface area contributed by atoms with E-state index in [-0.39, 0.29) is 23.7 Å². The Morgan fingerprint density at radius 3 is 2.17 bits per heavy atom. The number of benzene rings is 1. The summed E-state index contributed by atoms with van der Waals surface area (Å²) in [4.78, 5) is 35.0. The van der Waals surface area contributed by atoms with Gasteiger partial charge in [0.05, 0.1) is 5.92 Å². The molecule has 1 aliphatic rings. The van der Waals surface area contributed by atoms with Crippen molar-refractivity contribution >= 4 is 23.5 Å². The van der Waals surface area contributed by atoms with E-state index in [0.717, 1.165) is 6.42 Å². The molecule has 0 aromatic heterocycles. The van der Waals surface area contributed by atoms with Crippen LogP contribution in [-0.4, -0.2) is 29.4 Å². The summed E-state index contributed by atoms with van der Waals surface area (Å²) in [5, 5.41) is 14.6. The molecule has 0 spiro atoms. The van der Waals surface area contributed by atoms with E-state index < -0.39 is 5.97 Å². The zero-order valence-electron chi connectivity index (χ0n) is 13.9. The molecular formula is C18H24N2O4. The van der Waals surface area contributed by atoms with Crippen molar-refractivity contribution in [3.8, 4) is 0 Å². The summed E-state index contributed by atoms with van der Waals surface area (Å²) < 4.78 is 0. The van der Waals surface area contributed by atoms with Gasteiger partial charge in [-0.05, 0) is 56.4 Å².